The van der Waals surface area contributed by atoms with Crippen molar-refractivity contribution in [2.24, 2.45) is 23.6 Å². The summed E-state index contributed by atoms with van der Waals surface area (Å²) < 4.78 is 7.93. The van der Waals surface area contributed by atoms with Gasteiger partial charge in [0.25, 0.3) is 0 Å². The summed E-state index contributed by atoms with van der Waals surface area (Å²) in [5.41, 5.74) is 0. The molecule has 0 unspecified atom stereocenters. The van der Waals surface area contributed by atoms with Crippen molar-refractivity contribution in [3.05, 3.63) is 12.2 Å². The molecular formula is C9H10O. The van der Waals surface area contributed by atoms with Crippen LogP contribution in [-0.4, -0.2) is 5.78 Å². The Balaban J connectivity index is 2.19. The Hall–Kier alpha value is -0.590. The van der Waals surface area contributed by atoms with Gasteiger partial charge in [-0.2, -0.15) is 0 Å². The van der Waals surface area contributed by atoms with Gasteiger partial charge in [0.2, 0.25) is 0 Å². The van der Waals surface area contributed by atoms with Gasteiger partial charge in [-0.15, -0.1) is 0 Å². The molecule has 0 aliphatic heterocycles. The van der Waals surface area contributed by atoms with E-state index in [-0.39, 0.29) is 11.7 Å². The number of allylic oxidation sites excluding steroid dienone is 2. The van der Waals surface area contributed by atoms with Gasteiger partial charge in [0.1, 0.15) is 5.78 Å². The van der Waals surface area contributed by atoms with Crippen LogP contribution in [0.1, 0.15) is 14.2 Å². The van der Waals surface area contributed by atoms with E-state index in [0.717, 1.165) is 12.8 Å². The third-order valence-corrected chi connectivity index (χ3v) is 3.19. The minimum absolute atomic E-state index is 0.188. The molecule has 1 nitrogen and oxygen atoms in total. The Morgan fingerprint density at radius 2 is 2.40 bits per heavy atom. The Morgan fingerprint density at radius 3 is 3.10 bits per heavy atom. The van der Waals surface area contributed by atoms with E-state index >= 15 is 0 Å². The summed E-state index contributed by atoms with van der Waals surface area (Å²) in [6, 6.07) is 0. The number of ketones is 1. The molecule has 3 aliphatic rings. The van der Waals surface area contributed by atoms with Crippen molar-refractivity contribution in [2.75, 3.05) is 0 Å². The van der Waals surface area contributed by atoms with Crippen LogP contribution in [0.4, 0.5) is 0 Å². The lowest BCUT2D eigenvalue weighted by atomic mass is 9.87. The van der Waals surface area contributed by atoms with Crippen LogP contribution in [0.3, 0.4) is 0 Å². The maximum absolute atomic E-state index is 11.5. The molecule has 0 radical (unpaired) electrons. The highest BCUT2D eigenvalue weighted by molar-refractivity contribution is 5.89. The number of hydrogen-bond acceptors (Lipinski definition) is 1. The first kappa shape index (κ1) is 4.32. The van der Waals surface area contributed by atoms with Gasteiger partial charge in [-0.3, -0.25) is 4.79 Å². The van der Waals surface area contributed by atoms with Crippen LogP contribution in [0.2, 0.25) is 0 Å². The molecule has 1 heteroatoms. The largest absolute Gasteiger partial charge is 0.299 e. The minimum Gasteiger partial charge on any atom is -0.299 e. The van der Waals surface area contributed by atoms with Crippen molar-refractivity contribution in [3.63, 3.8) is 0 Å². The second-order valence-electron chi connectivity index (χ2n) is 3.62. The zero-order valence-electron chi connectivity index (χ0n) is 6.71. The smallest absolute Gasteiger partial charge is 0.143 e. The van der Waals surface area contributed by atoms with E-state index in [1.807, 2.05) is 6.08 Å². The van der Waals surface area contributed by atoms with E-state index in [4.69, 9.17) is 1.37 Å². The summed E-state index contributed by atoms with van der Waals surface area (Å²) in [7, 11) is 0. The zero-order chi connectivity index (χ0) is 7.64. The molecule has 2 fully saturated rings. The SMILES string of the molecule is [2H][C@]12C=C[C@H]3C[C@H](C[C@H]31)C2=O. The van der Waals surface area contributed by atoms with E-state index in [9.17, 15) is 4.79 Å². The van der Waals surface area contributed by atoms with Crippen molar-refractivity contribution in [1.82, 2.24) is 0 Å². The molecule has 3 rings (SSSR count). The molecule has 52 valence electrons. The van der Waals surface area contributed by atoms with Crippen molar-refractivity contribution in [1.29, 1.82) is 0 Å². The molecule has 0 aromatic heterocycles. The van der Waals surface area contributed by atoms with Gasteiger partial charge < -0.3 is 0 Å². The fourth-order valence-electron chi connectivity index (χ4n) is 2.71. The second kappa shape index (κ2) is 1.36. The predicted octanol–water partition coefficient (Wildman–Crippen LogP) is 1.40. The maximum atomic E-state index is 11.5. The number of Topliss-reactive ketones (excluding diaryl/α,β-unsaturated/α-hetero) is 1. The predicted molar refractivity (Wildman–Crippen MR) is 37.3 cm³/mol. The Bertz CT molecular complexity index is 271. The number of fused-ring (bicyclic) bond motifs is 1. The van der Waals surface area contributed by atoms with Crippen LogP contribution in [0.15, 0.2) is 12.2 Å². The van der Waals surface area contributed by atoms with Crippen LogP contribution in [0.5, 0.6) is 0 Å². The fraction of sp³-hybridized carbons (Fsp3) is 0.667. The summed E-state index contributed by atoms with van der Waals surface area (Å²) in [6.07, 6.45) is 5.93. The topological polar surface area (TPSA) is 17.1 Å². The normalized spacial score (nSPS) is 63.8. The highest BCUT2D eigenvalue weighted by atomic mass is 16.1. The van der Waals surface area contributed by atoms with Gasteiger partial charge in [-0.25, -0.2) is 0 Å². The van der Waals surface area contributed by atoms with Gasteiger partial charge in [0.05, 0.1) is 0 Å². The third-order valence-electron chi connectivity index (χ3n) is 3.19. The number of carbonyl (C=O) groups excluding carboxylic acids is 1. The van der Waals surface area contributed by atoms with Gasteiger partial charge in [-0.1, -0.05) is 12.2 Å². The van der Waals surface area contributed by atoms with Crippen molar-refractivity contribution >= 4 is 5.78 Å². The summed E-state index contributed by atoms with van der Waals surface area (Å²) in [5, 5.41) is 0. The molecule has 0 spiro atoms. The molecule has 0 N–H and O–H groups in total. The van der Waals surface area contributed by atoms with E-state index < -0.39 is 5.89 Å². The molecule has 0 aromatic carbocycles. The number of carbonyl (C=O) groups is 1. The molecule has 0 aromatic rings. The molecule has 3 aliphatic carbocycles. The van der Waals surface area contributed by atoms with E-state index in [1.54, 1.807) is 0 Å². The third kappa shape index (κ3) is 0.377. The lowest BCUT2D eigenvalue weighted by molar-refractivity contribution is -0.124. The first-order chi connectivity index (χ1) is 5.22. The van der Waals surface area contributed by atoms with Crippen LogP contribution in [0.25, 0.3) is 0 Å². The average Bonchev–Trinajstić information content (AvgIpc) is 2.53. The van der Waals surface area contributed by atoms with Crippen molar-refractivity contribution in [3.8, 4) is 0 Å². The molecule has 4 atom stereocenters. The van der Waals surface area contributed by atoms with Gasteiger partial charge in [0, 0.05) is 13.2 Å². The quantitative estimate of drug-likeness (QED) is 0.459. The molecule has 0 amide bonds. The molecule has 2 bridgehead atoms. The van der Waals surface area contributed by atoms with E-state index in [0.29, 0.717) is 11.8 Å². The molecule has 0 heterocycles. The maximum Gasteiger partial charge on any atom is 0.143 e. The summed E-state index contributed by atoms with van der Waals surface area (Å²) >= 11 is 0. The molecular weight excluding hydrogens is 124 g/mol. The summed E-state index contributed by atoms with van der Waals surface area (Å²) in [4.78, 5) is 11.5. The van der Waals surface area contributed by atoms with Gasteiger partial charge in [0.15, 0.2) is 0 Å². The van der Waals surface area contributed by atoms with Crippen LogP contribution in [-0.2, 0) is 4.79 Å². The first-order valence-corrected chi connectivity index (χ1v) is 3.95. The standard InChI is InChI=1S/C9H10O/c10-9-6-3-5-1-2-7(9)8(5)4-6/h1-2,5-8H,3-4H2/t5-,6+,7-,8+/m0/s1/i7D. The molecule has 2 saturated carbocycles. The van der Waals surface area contributed by atoms with E-state index in [1.165, 1.54) is 0 Å². The number of hydrogen-bond donors (Lipinski definition) is 0. The zero-order valence-corrected chi connectivity index (χ0v) is 5.71. The lowest BCUT2D eigenvalue weighted by Gasteiger charge is -2.16. The second-order valence-corrected chi connectivity index (χ2v) is 3.62. The van der Waals surface area contributed by atoms with Crippen molar-refractivity contribution < 1.29 is 6.17 Å². The molecule has 0 saturated heterocycles. The Labute approximate surface area is 61.5 Å². The van der Waals surface area contributed by atoms with Crippen LogP contribution in [0, 0.1) is 23.6 Å². The summed E-state index contributed by atoms with van der Waals surface area (Å²) in [5.74, 6) is 0.549. The molecule has 10 heavy (non-hydrogen) atoms. The van der Waals surface area contributed by atoms with Gasteiger partial charge >= 0.3 is 0 Å². The highest BCUT2D eigenvalue weighted by Crippen LogP contribution is 2.54. The lowest BCUT2D eigenvalue weighted by Crippen LogP contribution is -2.20. The fourth-order valence-corrected chi connectivity index (χ4v) is 2.71. The highest BCUT2D eigenvalue weighted by Gasteiger charge is 2.52. The Morgan fingerprint density at radius 1 is 1.50 bits per heavy atom. The van der Waals surface area contributed by atoms with Crippen LogP contribution >= 0.6 is 0 Å². The Kier molecular flexibility index (Phi) is 0.589. The van der Waals surface area contributed by atoms with Crippen molar-refractivity contribution in [2.45, 2.75) is 12.8 Å². The number of rotatable bonds is 0. The van der Waals surface area contributed by atoms with Crippen LogP contribution < -0.4 is 0 Å². The first-order valence-electron chi connectivity index (χ1n) is 4.45. The minimum atomic E-state index is -0.784. The van der Waals surface area contributed by atoms with E-state index in [2.05, 4.69) is 6.08 Å². The van der Waals surface area contributed by atoms with Gasteiger partial charge in [-0.05, 0) is 24.7 Å². The summed E-state index contributed by atoms with van der Waals surface area (Å²) in [6.45, 7) is 0. The average molecular weight is 135 g/mol. The monoisotopic (exact) mass is 135 g/mol.